The van der Waals surface area contributed by atoms with Crippen molar-refractivity contribution in [2.24, 2.45) is 5.10 Å². The molecule has 2 unspecified atom stereocenters. The predicted octanol–water partition coefficient (Wildman–Crippen LogP) is 5.82. The topological polar surface area (TPSA) is 52.5 Å². The molecular formula is C25H21BrN2O4. The number of fused-ring (bicyclic) bond motifs is 4. The fraction of sp³-hybridized carbons (Fsp3) is 0.240. The minimum absolute atomic E-state index is 0.0771. The molecule has 6 rings (SSSR count). The van der Waals surface area contributed by atoms with Crippen LogP contribution in [0.25, 0.3) is 0 Å². The van der Waals surface area contributed by atoms with Gasteiger partial charge in [-0.3, -0.25) is 0 Å². The number of ether oxygens (including phenoxy) is 4. The van der Waals surface area contributed by atoms with Crippen LogP contribution in [0.3, 0.4) is 0 Å². The Morgan fingerprint density at radius 1 is 1.00 bits per heavy atom. The first-order chi connectivity index (χ1) is 15.7. The van der Waals surface area contributed by atoms with Crippen molar-refractivity contribution in [2.45, 2.75) is 25.6 Å². The zero-order valence-electron chi connectivity index (χ0n) is 17.5. The summed E-state index contributed by atoms with van der Waals surface area (Å²) in [6, 6.07) is 20.3. The van der Waals surface area contributed by atoms with Crippen LogP contribution in [0.5, 0.6) is 23.0 Å². The summed E-state index contributed by atoms with van der Waals surface area (Å²) in [6.45, 7) is 2.88. The Bertz CT molecular complexity index is 1210. The van der Waals surface area contributed by atoms with Crippen LogP contribution >= 0.6 is 15.9 Å². The highest BCUT2D eigenvalue weighted by molar-refractivity contribution is 9.10. The average Bonchev–Trinajstić information content (AvgIpc) is 3.46. The number of hydrogen-bond donors (Lipinski definition) is 0. The lowest BCUT2D eigenvalue weighted by atomic mass is 9.96. The maximum absolute atomic E-state index is 6.46. The van der Waals surface area contributed by atoms with Crippen molar-refractivity contribution in [3.63, 3.8) is 0 Å². The lowest BCUT2D eigenvalue weighted by Crippen LogP contribution is -2.33. The van der Waals surface area contributed by atoms with Gasteiger partial charge in [-0.15, -0.1) is 0 Å². The molecule has 0 N–H and O–H groups in total. The summed E-state index contributed by atoms with van der Waals surface area (Å²) in [5.74, 6) is 3.27. The van der Waals surface area contributed by atoms with E-state index < -0.39 is 0 Å². The first-order valence-electron chi connectivity index (χ1n) is 10.6. The van der Waals surface area contributed by atoms with Gasteiger partial charge in [0, 0.05) is 27.6 Å². The van der Waals surface area contributed by atoms with Crippen LogP contribution in [0, 0.1) is 0 Å². The van der Waals surface area contributed by atoms with Gasteiger partial charge in [0.25, 0.3) is 0 Å². The Balaban J connectivity index is 1.40. The number of nitrogens with zero attached hydrogens (tertiary/aromatic N) is 2. The second kappa shape index (κ2) is 7.74. The van der Waals surface area contributed by atoms with Gasteiger partial charge in [0.15, 0.2) is 11.5 Å². The molecule has 3 aromatic carbocycles. The van der Waals surface area contributed by atoms with Crippen LogP contribution in [-0.4, -0.2) is 24.1 Å². The van der Waals surface area contributed by atoms with E-state index in [2.05, 4.69) is 27.0 Å². The molecule has 3 aliphatic rings. The second-order valence-corrected chi connectivity index (χ2v) is 8.78. The van der Waals surface area contributed by atoms with Crippen LogP contribution < -0.4 is 18.9 Å². The molecule has 0 saturated carbocycles. The van der Waals surface area contributed by atoms with Crippen LogP contribution in [-0.2, 0) is 0 Å². The molecule has 3 heterocycles. The second-order valence-electron chi connectivity index (χ2n) is 7.87. The fourth-order valence-corrected chi connectivity index (χ4v) is 4.80. The monoisotopic (exact) mass is 492 g/mol. The van der Waals surface area contributed by atoms with Crippen molar-refractivity contribution in [1.82, 2.24) is 5.01 Å². The van der Waals surface area contributed by atoms with Crippen molar-refractivity contribution < 1.29 is 18.9 Å². The molecule has 0 aliphatic carbocycles. The number of halogens is 1. The average molecular weight is 493 g/mol. The van der Waals surface area contributed by atoms with Gasteiger partial charge in [-0.1, -0.05) is 15.9 Å². The summed E-state index contributed by atoms with van der Waals surface area (Å²) >= 11 is 3.61. The van der Waals surface area contributed by atoms with E-state index in [-0.39, 0.29) is 19.1 Å². The van der Waals surface area contributed by atoms with Crippen molar-refractivity contribution >= 4 is 21.6 Å². The Morgan fingerprint density at radius 2 is 1.81 bits per heavy atom. The van der Waals surface area contributed by atoms with Crippen molar-refractivity contribution in [2.75, 3.05) is 13.4 Å². The molecule has 0 fully saturated rings. The molecule has 2 atom stereocenters. The molecule has 3 aliphatic heterocycles. The van der Waals surface area contributed by atoms with E-state index in [9.17, 15) is 0 Å². The maximum Gasteiger partial charge on any atom is 0.231 e. The van der Waals surface area contributed by atoms with E-state index in [1.54, 1.807) is 0 Å². The summed E-state index contributed by atoms with van der Waals surface area (Å²) in [5, 5.41) is 7.11. The maximum atomic E-state index is 6.46. The zero-order chi connectivity index (χ0) is 21.7. The Morgan fingerprint density at radius 3 is 2.66 bits per heavy atom. The van der Waals surface area contributed by atoms with Gasteiger partial charge >= 0.3 is 0 Å². The smallest absolute Gasteiger partial charge is 0.231 e. The van der Waals surface area contributed by atoms with Gasteiger partial charge in [0.05, 0.1) is 18.4 Å². The molecule has 0 aromatic heterocycles. The fourth-order valence-electron chi connectivity index (χ4n) is 4.42. The number of hydrogen-bond acceptors (Lipinski definition) is 6. The van der Waals surface area contributed by atoms with Crippen LogP contribution in [0.2, 0.25) is 0 Å². The number of rotatable bonds is 4. The summed E-state index contributed by atoms with van der Waals surface area (Å²) in [5.41, 5.74) is 4.19. The summed E-state index contributed by atoms with van der Waals surface area (Å²) in [7, 11) is 0. The van der Waals surface area contributed by atoms with Gasteiger partial charge in [0.1, 0.15) is 11.5 Å². The van der Waals surface area contributed by atoms with E-state index in [1.807, 2.05) is 61.5 Å². The third kappa shape index (κ3) is 3.28. The van der Waals surface area contributed by atoms with E-state index in [4.69, 9.17) is 24.0 Å². The number of hydrazone groups is 1. The molecule has 3 aromatic rings. The SMILES string of the molecule is CCOc1ccc(C2Oc3ccc(Br)cc3C3CC(c4ccc5c(c4)OCO5)=NN32)cc1. The lowest BCUT2D eigenvalue weighted by molar-refractivity contribution is -0.0191. The van der Waals surface area contributed by atoms with Gasteiger partial charge in [0.2, 0.25) is 13.0 Å². The van der Waals surface area contributed by atoms with Crippen molar-refractivity contribution in [1.29, 1.82) is 0 Å². The van der Waals surface area contributed by atoms with Crippen molar-refractivity contribution in [3.8, 4) is 23.0 Å². The highest BCUT2D eigenvalue weighted by Gasteiger charge is 2.41. The standard InChI is InChI=1S/C25H21BrN2O4/c1-2-29-18-7-3-15(4-8-18)25-28-21(19-12-17(26)6-10-22(19)32-25)13-20(27-28)16-5-9-23-24(11-16)31-14-30-23/h3-12,21,25H,2,13-14H2,1H3. The van der Waals surface area contributed by atoms with E-state index >= 15 is 0 Å². The first kappa shape index (κ1) is 19.5. The summed E-state index contributed by atoms with van der Waals surface area (Å²) in [6.07, 6.45) is 0.454. The van der Waals surface area contributed by atoms with E-state index in [1.165, 1.54) is 0 Å². The van der Waals surface area contributed by atoms with Gasteiger partial charge in [-0.2, -0.15) is 5.10 Å². The summed E-state index contributed by atoms with van der Waals surface area (Å²) in [4.78, 5) is 0. The predicted molar refractivity (Wildman–Crippen MR) is 123 cm³/mol. The molecule has 0 bridgehead atoms. The third-order valence-corrected chi connectivity index (χ3v) is 6.43. The Labute approximate surface area is 194 Å². The third-order valence-electron chi connectivity index (χ3n) is 5.93. The van der Waals surface area contributed by atoms with E-state index in [0.29, 0.717) is 6.61 Å². The highest BCUT2D eigenvalue weighted by Crippen LogP contribution is 2.48. The van der Waals surface area contributed by atoms with E-state index in [0.717, 1.165) is 56.3 Å². The van der Waals surface area contributed by atoms with Crippen LogP contribution in [0.1, 0.15) is 42.3 Å². The van der Waals surface area contributed by atoms with Crippen molar-refractivity contribution in [3.05, 3.63) is 81.8 Å². The molecule has 7 heteroatoms. The Hall–Kier alpha value is -3.19. The molecule has 0 radical (unpaired) electrons. The quantitative estimate of drug-likeness (QED) is 0.459. The first-order valence-corrected chi connectivity index (χ1v) is 11.4. The molecule has 6 nitrogen and oxygen atoms in total. The highest BCUT2D eigenvalue weighted by atomic mass is 79.9. The lowest BCUT2D eigenvalue weighted by Gasteiger charge is -2.38. The van der Waals surface area contributed by atoms with Gasteiger partial charge in [-0.25, -0.2) is 5.01 Å². The van der Waals surface area contributed by atoms with Crippen LogP contribution in [0.4, 0.5) is 0 Å². The molecule has 32 heavy (non-hydrogen) atoms. The summed E-state index contributed by atoms with van der Waals surface area (Å²) < 4.78 is 24.1. The molecule has 162 valence electrons. The van der Waals surface area contributed by atoms with Crippen LogP contribution in [0.15, 0.2) is 70.2 Å². The largest absolute Gasteiger partial charge is 0.494 e. The molecular weight excluding hydrogens is 472 g/mol. The molecule has 0 saturated heterocycles. The minimum atomic E-state index is -0.323. The molecule has 0 amide bonds. The number of benzene rings is 3. The van der Waals surface area contributed by atoms with Gasteiger partial charge in [-0.05, 0) is 67.6 Å². The normalized spacial score (nSPS) is 20.3. The zero-order valence-corrected chi connectivity index (χ0v) is 19.0. The minimum Gasteiger partial charge on any atom is -0.494 e. The van der Waals surface area contributed by atoms with Gasteiger partial charge < -0.3 is 18.9 Å². The molecule has 0 spiro atoms. The Kier molecular flexibility index (Phi) is 4.72.